The van der Waals surface area contributed by atoms with Crippen LogP contribution in [0.5, 0.6) is 0 Å². The van der Waals surface area contributed by atoms with E-state index in [-0.39, 0.29) is 5.92 Å². The molecule has 0 amide bonds. The van der Waals surface area contributed by atoms with E-state index in [1.54, 1.807) is 30.3 Å². The minimum absolute atomic E-state index is 0.264. The van der Waals surface area contributed by atoms with Crippen molar-refractivity contribution >= 4 is 26.5 Å². The zero-order valence-electron chi connectivity index (χ0n) is 11.1. The Balaban J connectivity index is 2.50. The van der Waals surface area contributed by atoms with Crippen LogP contribution in [0.3, 0.4) is 0 Å². The van der Waals surface area contributed by atoms with Gasteiger partial charge in [0, 0.05) is 17.6 Å². The quantitative estimate of drug-likeness (QED) is 0.843. The van der Waals surface area contributed by atoms with E-state index in [4.69, 9.17) is 5.73 Å². The second kappa shape index (κ2) is 5.19. The molecule has 0 heterocycles. The molecule has 0 saturated carbocycles. The Bertz CT molecular complexity index is 694. The molecule has 0 atom stereocenters. The number of nitrogens with two attached hydrogens (primary N) is 1. The molecule has 0 saturated heterocycles. The molecule has 0 aliphatic carbocycles. The number of benzene rings is 2. The summed E-state index contributed by atoms with van der Waals surface area (Å²) in [4.78, 5) is 0.297. The second-order valence-electron chi connectivity index (χ2n) is 4.98. The lowest BCUT2D eigenvalue weighted by Gasteiger charge is -2.11. The fraction of sp³-hybridized carbons (Fsp3) is 0.286. The summed E-state index contributed by atoms with van der Waals surface area (Å²) < 4.78 is 27.2. The van der Waals surface area contributed by atoms with E-state index >= 15 is 0 Å². The maximum atomic E-state index is 12.3. The summed E-state index contributed by atoms with van der Waals surface area (Å²) in [6.45, 7) is 4.35. The Morgan fingerprint density at radius 2 is 1.95 bits per heavy atom. The molecule has 0 radical (unpaired) electrons. The molecule has 0 spiro atoms. The van der Waals surface area contributed by atoms with Crippen molar-refractivity contribution < 1.29 is 8.42 Å². The minimum atomic E-state index is -3.49. The summed E-state index contributed by atoms with van der Waals surface area (Å²) in [6, 6.07) is 10.4. The Kier molecular flexibility index (Phi) is 3.78. The fourth-order valence-corrected chi connectivity index (χ4v) is 3.30. The van der Waals surface area contributed by atoms with E-state index in [1.165, 1.54) is 0 Å². The van der Waals surface area contributed by atoms with Gasteiger partial charge in [-0.25, -0.2) is 13.1 Å². The Hall–Kier alpha value is -1.59. The lowest BCUT2D eigenvalue weighted by atomic mass is 10.1. The van der Waals surface area contributed by atoms with Crippen molar-refractivity contribution in [3.8, 4) is 0 Å². The van der Waals surface area contributed by atoms with Gasteiger partial charge < -0.3 is 5.73 Å². The molecular formula is C14H18N2O2S. The van der Waals surface area contributed by atoms with Gasteiger partial charge in [-0.3, -0.25) is 0 Å². The molecule has 0 bridgehead atoms. The summed E-state index contributed by atoms with van der Waals surface area (Å²) in [5, 5.41) is 1.51. The van der Waals surface area contributed by atoms with Crippen LogP contribution >= 0.6 is 0 Å². The van der Waals surface area contributed by atoms with Crippen LogP contribution in [0.4, 0.5) is 5.69 Å². The monoisotopic (exact) mass is 278 g/mol. The number of nitrogen functional groups attached to an aromatic ring is 1. The maximum absolute atomic E-state index is 12.3. The number of sulfonamides is 1. The first kappa shape index (κ1) is 13.8. The SMILES string of the molecule is CC(C)CNS(=O)(=O)c1cccc2cc(N)ccc12. The largest absolute Gasteiger partial charge is 0.399 e. The van der Waals surface area contributed by atoms with Crippen LogP contribution in [0.1, 0.15) is 13.8 Å². The van der Waals surface area contributed by atoms with Crippen LogP contribution < -0.4 is 10.5 Å². The van der Waals surface area contributed by atoms with Crippen molar-refractivity contribution in [1.29, 1.82) is 0 Å². The number of nitrogens with one attached hydrogen (secondary N) is 1. The molecule has 0 aromatic heterocycles. The van der Waals surface area contributed by atoms with E-state index in [1.807, 2.05) is 19.9 Å². The summed E-state index contributed by atoms with van der Waals surface area (Å²) >= 11 is 0. The zero-order chi connectivity index (χ0) is 14.0. The summed E-state index contributed by atoms with van der Waals surface area (Å²) in [6.07, 6.45) is 0. The van der Waals surface area contributed by atoms with Gasteiger partial charge in [0.1, 0.15) is 0 Å². The van der Waals surface area contributed by atoms with E-state index < -0.39 is 10.0 Å². The molecule has 0 aliphatic heterocycles. The standard InChI is InChI=1S/C14H18N2O2S/c1-10(2)9-16-19(17,18)14-5-3-4-11-8-12(15)6-7-13(11)14/h3-8,10,16H,9,15H2,1-2H3. The van der Waals surface area contributed by atoms with E-state index in [0.29, 0.717) is 22.5 Å². The van der Waals surface area contributed by atoms with Gasteiger partial charge in [-0.2, -0.15) is 0 Å². The van der Waals surface area contributed by atoms with Gasteiger partial charge >= 0.3 is 0 Å². The molecule has 0 fully saturated rings. The highest BCUT2D eigenvalue weighted by atomic mass is 32.2. The van der Waals surface area contributed by atoms with Crippen LogP contribution in [0.25, 0.3) is 10.8 Å². The molecule has 2 aromatic carbocycles. The highest BCUT2D eigenvalue weighted by Crippen LogP contribution is 2.24. The lowest BCUT2D eigenvalue weighted by Crippen LogP contribution is -2.27. The van der Waals surface area contributed by atoms with Gasteiger partial charge in [-0.1, -0.05) is 32.0 Å². The van der Waals surface area contributed by atoms with Crippen molar-refractivity contribution in [3.05, 3.63) is 36.4 Å². The average Bonchev–Trinajstić information content (AvgIpc) is 2.35. The first-order chi connectivity index (χ1) is 8.90. The number of hydrogen-bond donors (Lipinski definition) is 2. The molecule has 2 aromatic rings. The van der Waals surface area contributed by atoms with Crippen LogP contribution in [0.15, 0.2) is 41.3 Å². The van der Waals surface area contributed by atoms with Crippen molar-refractivity contribution in [1.82, 2.24) is 4.72 Å². The number of rotatable bonds is 4. The summed E-state index contributed by atoms with van der Waals surface area (Å²) in [7, 11) is -3.49. The molecule has 0 aliphatic rings. The van der Waals surface area contributed by atoms with Gasteiger partial charge in [0.2, 0.25) is 10.0 Å². The third kappa shape index (κ3) is 3.05. The van der Waals surface area contributed by atoms with E-state index in [2.05, 4.69) is 4.72 Å². The van der Waals surface area contributed by atoms with Gasteiger partial charge in [0.05, 0.1) is 4.90 Å². The first-order valence-corrected chi connectivity index (χ1v) is 7.66. The molecule has 3 N–H and O–H groups in total. The molecular weight excluding hydrogens is 260 g/mol. The molecule has 19 heavy (non-hydrogen) atoms. The Morgan fingerprint density at radius 1 is 1.21 bits per heavy atom. The highest BCUT2D eigenvalue weighted by molar-refractivity contribution is 7.89. The average molecular weight is 278 g/mol. The van der Waals surface area contributed by atoms with Crippen molar-refractivity contribution in [3.63, 3.8) is 0 Å². The van der Waals surface area contributed by atoms with Crippen LogP contribution in [-0.2, 0) is 10.0 Å². The van der Waals surface area contributed by atoms with Gasteiger partial charge in [-0.15, -0.1) is 0 Å². The normalized spacial score (nSPS) is 12.2. The molecule has 102 valence electrons. The molecule has 2 rings (SSSR count). The number of fused-ring (bicyclic) bond motifs is 1. The lowest BCUT2D eigenvalue weighted by molar-refractivity contribution is 0.561. The highest BCUT2D eigenvalue weighted by Gasteiger charge is 2.17. The Morgan fingerprint density at radius 3 is 2.63 bits per heavy atom. The Labute approximate surface area is 113 Å². The molecule has 4 nitrogen and oxygen atoms in total. The van der Waals surface area contributed by atoms with Crippen molar-refractivity contribution in [2.45, 2.75) is 18.7 Å². The van der Waals surface area contributed by atoms with E-state index in [9.17, 15) is 8.42 Å². The minimum Gasteiger partial charge on any atom is -0.399 e. The third-order valence-corrected chi connectivity index (χ3v) is 4.32. The zero-order valence-corrected chi connectivity index (χ0v) is 11.9. The third-order valence-electron chi connectivity index (χ3n) is 2.84. The molecule has 0 unspecified atom stereocenters. The van der Waals surface area contributed by atoms with Gasteiger partial charge in [-0.05, 0) is 29.5 Å². The number of anilines is 1. The second-order valence-corrected chi connectivity index (χ2v) is 6.72. The number of hydrogen-bond acceptors (Lipinski definition) is 3. The fourth-order valence-electron chi connectivity index (χ4n) is 1.86. The molecule has 5 heteroatoms. The van der Waals surface area contributed by atoms with Gasteiger partial charge in [0.15, 0.2) is 0 Å². The van der Waals surface area contributed by atoms with Gasteiger partial charge in [0.25, 0.3) is 0 Å². The summed E-state index contributed by atoms with van der Waals surface area (Å²) in [5.74, 6) is 0.264. The van der Waals surface area contributed by atoms with Crippen LogP contribution in [0.2, 0.25) is 0 Å². The topological polar surface area (TPSA) is 72.2 Å². The van der Waals surface area contributed by atoms with Crippen LogP contribution in [0, 0.1) is 5.92 Å². The maximum Gasteiger partial charge on any atom is 0.241 e. The summed E-state index contributed by atoms with van der Waals surface area (Å²) in [5.41, 5.74) is 6.34. The predicted octanol–water partition coefficient (Wildman–Crippen LogP) is 2.36. The smallest absolute Gasteiger partial charge is 0.241 e. The van der Waals surface area contributed by atoms with E-state index in [0.717, 1.165) is 5.39 Å². The van der Waals surface area contributed by atoms with Crippen LogP contribution in [-0.4, -0.2) is 15.0 Å². The first-order valence-electron chi connectivity index (χ1n) is 6.18. The predicted molar refractivity (Wildman–Crippen MR) is 78.4 cm³/mol. The van der Waals surface area contributed by atoms with Crippen molar-refractivity contribution in [2.75, 3.05) is 12.3 Å². The van der Waals surface area contributed by atoms with Crippen molar-refractivity contribution in [2.24, 2.45) is 5.92 Å².